The summed E-state index contributed by atoms with van der Waals surface area (Å²) in [5.74, 6) is -0.542. The molecule has 0 unspecified atom stereocenters. The summed E-state index contributed by atoms with van der Waals surface area (Å²) in [6, 6.07) is 5.25. The molecular weight excluding hydrogens is 218 g/mol. The Morgan fingerprint density at radius 2 is 2.00 bits per heavy atom. The third kappa shape index (κ3) is 3.48. The lowest BCUT2D eigenvalue weighted by Gasteiger charge is -2.09. The summed E-state index contributed by atoms with van der Waals surface area (Å²) in [5.41, 5.74) is 7.36. The highest BCUT2D eigenvalue weighted by Crippen LogP contribution is 2.15. The van der Waals surface area contributed by atoms with E-state index >= 15 is 0 Å². The van der Waals surface area contributed by atoms with Gasteiger partial charge in [-0.2, -0.15) is 0 Å². The van der Waals surface area contributed by atoms with Crippen molar-refractivity contribution in [3.63, 3.8) is 0 Å². The van der Waals surface area contributed by atoms with Crippen LogP contribution in [0.15, 0.2) is 18.2 Å². The molecule has 1 aromatic carbocycles. The Labute approximate surface area is 100 Å². The van der Waals surface area contributed by atoms with Crippen LogP contribution in [-0.4, -0.2) is 24.9 Å². The minimum atomic E-state index is -0.327. The van der Waals surface area contributed by atoms with Gasteiger partial charge in [-0.3, -0.25) is 9.59 Å². The Hall–Kier alpha value is -2.04. The molecule has 0 aliphatic carbocycles. The van der Waals surface area contributed by atoms with Gasteiger partial charge in [-0.25, -0.2) is 0 Å². The first-order valence-electron chi connectivity index (χ1n) is 5.46. The topological polar surface area (TPSA) is 84.2 Å². The second kappa shape index (κ2) is 5.89. The second-order valence-electron chi connectivity index (χ2n) is 3.68. The maximum Gasteiger partial charge on any atom is 0.254 e. The van der Waals surface area contributed by atoms with E-state index in [1.807, 2.05) is 6.92 Å². The molecule has 5 heteroatoms. The molecule has 1 rings (SSSR count). The summed E-state index contributed by atoms with van der Waals surface area (Å²) in [5, 5.41) is 5.13. The van der Waals surface area contributed by atoms with E-state index in [0.717, 1.165) is 5.56 Å². The number of rotatable bonds is 4. The third-order valence-corrected chi connectivity index (χ3v) is 2.32. The van der Waals surface area contributed by atoms with Crippen molar-refractivity contribution in [3.8, 4) is 0 Å². The molecule has 0 aliphatic rings. The van der Waals surface area contributed by atoms with E-state index in [1.54, 1.807) is 25.1 Å². The lowest BCUT2D eigenvalue weighted by molar-refractivity contribution is -0.120. The summed E-state index contributed by atoms with van der Waals surface area (Å²) < 4.78 is 0. The van der Waals surface area contributed by atoms with E-state index in [-0.39, 0.29) is 18.4 Å². The summed E-state index contributed by atoms with van der Waals surface area (Å²) >= 11 is 0. The molecule has 0 radical (unpaired) electrons. The molecule has 0 saturated heterocycles. The van der Waals surface area contributed by atoms with Crippen LogP contribution >= 0.6 is 0 Å². The molecule has 0 heterocycles. The van der Waals surface area contributed by atoms with Gasteiger partial charge in [0.15, 0.2) is 0 Å². The van der Waals surface area contributed by atoms with Crippen molar-refractivity contribution in [2.24, 2.45) is 0 Å². The number of hydrogen-bond acceptors (Lipinski definition) is 3. The van der Waals surface area contributed by atoms with E-state index in [2.05, 4.69) is 10.6 Å². The normalized spacial score (nSPS) is 9.76. The van der Waals surface area contributed by atoms with Gasteiger partial charge in [0.25, 0.3) is 5.91 Å². The van der Waals surface area contributed by atoms with Crippen LogP contribution < -0.4 is 16.4 Å². The molecule has 0 fully saturated rings. The zero-order valence-electron chi connectivity index (χ0n) is 10.0. The first-order valence-corrected chi connectivity index (χ1v) is 5.46. The fourth-order valence-electron chi connectivity index (χ4n) is 1.51. The highest BCUT2D eigenvalue weighted by atomic mass is 16.2. The van der Waals surface area contributed by atoms with Gasteiger partial charge in [0.2, 0.25) is 5.91 Å². The molecule has 0 atom stereocenters. The zero-order valence-corrected chi connectivity index (χ0v) is 10.0. The van der Waals surface area contributed by atoms with Gasteiger partial charge in [-0.05, 0) is 25.5 Å². The van der Waals surface area contributed by atoms with Gasteiger partial charge in [0, 0.05) is 12.2 Å². The van der Waals surface area contributed by atoms with Crippen LogP contribution in [0.25, 0.3) is 0 Å². The molecule has 17 heavy (non-hydrogen) atoms. The maximum atomic E-state index is 11.8. The average molecular weight is 235 g/mol. The molecule has 2 amide bonds. The van der Waals surface area contributed by atoms with Crippen LogP contribution in [0, 0.1) is 6.92 Å². The van der Waals surface area contributed by atoms with Crippen molar-refractivity contribution in [1.82, 2.24) is 10.6 Å². The maximum absolute atomic E-state index is 11.8. The predicted octanol–water partition coefficient (Wildman–Crippen LogP) is 0.443. The van der Waals surface area contributed by atoms with Gasteiger partial charge < -0.3 is 16.4 Å². The van der Waals surface area contributed by atoms with Crippen molar-refractivity contribution in [2.45, 2.75) is 13.8 Å². The van der Waals surface area contributed by atoms with Crippen LogP contribution in [0.5, 0.6) is 0 Å². The number of nitrogen functional groups attached to an aromatic ring is 1. The van der Waals surface area contributed by atoms with E-state index in [1.165, 1.54) is 0 Å². The Morgan fingerprint density at radius 1 is 1.29 bits per heavy atom. The Kier molecular flexibility index (Phi) is 4.51. The summed E-state index contributed by atoms with van der Waals surface area (Å²) in [7, 11) is 0. The number of nitrogens with two attached hydrogens (primary N) is 1. The van der Waals surface area contributed by atoms with Crippen molar-refractivity contribution in [3.05, 3.63) is 29.3 Å². The van der Waals surface area contributed by atoms with Crippen LogP contribution in [-0.2, 0) is 4.79 Å². The molecule has 0 aliphatic heterocycles. The van der Waals surface area contributed by atoms with E-state index in [4.69, 9.17) is 5.73 Å². The number of carbonyl (C=O) groups excluding carboxylic acids is 2. The van der Waals surface area contributed by atoms with Crippen LogP contribution in [0.3, 0.4) is 0 Å². The summed E-state index contributed by atoms with van der Waals surface area (Å²) in [4.78, 5) is 23.0. The molecular formula is C12H17N3O2. The van der Waals surface area contributed by atoms with E-state index in [0.29, 0.717) is 17.8 Å². The first kappa shape index (κ1) is 13.0. The van der Waals surface area contributed by atoms with Crippen molar-refractivity contribution in [1.29, 1.82) is 0 Å². The van der Waals surface area contributed by atoms with Gasteiger partial charge in [0.05, 0.1) is 12.1 Å². The van der Waals surface area contributed by atoms with Crippen LogP contribution in [0.1, 0.15) is 22.8 Å². The van der Waals surface area contributed by atoms with Gasteiger partial charge in [0.1, 0.15) is 0 Å². The lowest BCUT2D eigenvalue weighted by Crippen LogP contribution is -2.37. The Morgan fingerprint density at radius 3 is 2.59 bits per heavy atom. The number of benzene rings is 1. The molecule has 0 aromatic heterocycles. The van der Waals surface area contributed by atoms with Crippen molar-refractivity contribution < 1.29 is 9.59 Å². The number of carbonyl (C=O) groups is 2. The predicted molar refractivity (Wildman–Crippen MR) is 66.6 cm³/mol. The monoisotopic (exact) mass is 235 g/mol. The number of likely N-dealkylation sites (N-methyl/N-ethyl adjacent to an activating group) is 1. The summed E-state index contributed by atoms with van der Waals surface area (Å²) in [6.45, 7) is 4.12. The molecule has 5 nitrogen and oxygen atoms in total. The highest BCUT2D eigenvalue weighted by molar-refractivity contribution is 6.01. The van der Waals surface area contributed by atoms with Gasteiger partial charge >= 0.3 is 0 Å². The van der Waals surface area contributed by atoms with Crippen molar-refractivity contribution in [2.75, 3.05) is 18.8 Å². The number of nitrogens with one attached hydrogen (secondary N) is 2. The fraction of sp³-hybridized carbons (Fsp3) is 0.333. The number of aryl methyl sites for hydroxylation is 1. The minimum Gasteiger partial charge on any atom is -0.398 e. The quantitative estimate of drug-likeness (QED) is 0.662. The lowest BCUT2D eigenvalue weighted by atomic mass is 10.1. The second-order valence-corrected chi connectivity index (χ2v) is 3.68. The molecule has 1 aromatic rings. The van der Waals surface area contributed by atoms with Crippen molar-refractivity contribution >= 4 is 17.5 Å². The molecule has 0 saturated carbocycles. The third-order valence-electron chi connectivity index (χ3n) is 2.32. The standard InChI is InChI=1S/C12H17N3O2/c1-3-14-10(16)7-15-12(17)11-8(2)5-4-6-9(11)13/h4-6H,3,7,13H2,1-2H3,(H,14,16)(H,15,17). The summed E-state index contributed by atoms with van der Waals surface area (Å²) in [6.07, 6.45) is 0. The SMILES string of the molecule is CCNC(=O)CNC(=O)c1c(C)cccc1N. The first-order chi connectivity index (χ1) is 8.06. The molecule has 92 valence electrons. The smallest absolute Gasteiger partial charge is 0.254 e. The Balaban J connectivity index is 2.68. The number of amides is 2. The highest BCUT2D eigenvalue weighted by Gasteiger charge is 2.12. The molecule has 0 spiro atoms. The molecule has 4 N–H and O–H groups in total. The Bertz CT molecular complexity index is 410. The largest absolute Gasteiger partial charge is 0.398 e. The van der Waals surface area contributed by atoms with E-state index in [9.17, 15) is 9.59 Å². The van der Waals surface area contributed by atoms with E-state index < -0.39 is 0 Å². The average Bonchev–Trinajstić information content (AvgIpc) is 2.26. The number of anilines is 1. The number of hydrogen-bond donors (Lipinski definition) is 3. The van der Waals surface area contributed by atoms with Crippen LogP contribution in [0.2, 0.25) is 0 Å². The van der Waals surface area contributed by atoms with Crippen LogP contribution in [0.4, 0.5) is 5.69 Å². The minimum absolute atomic E-state index is 0.0412. The zero-order chi connectivity index (χ0) is 12.8. The van der Waals surface area contributed by atoms with Gasteiger partial charge in [-0.15, -0.1) is 0 Å². The fourth-order valence-corrected chi connectivity index (χ4v) is 1.51. The van der Waals surface area contributed by atoms with Gasteiger partial charge in [-0.1, -0.05) is 12.1 Å². The molecule has 0 bridgehead atoms.